The quantitative estimate of drug-likeness (QED) is 0.0606. The summed E-state index contributed by atoms with van der Waals surface area (Å²) < 4.78 is 11.2. The maximum absolute atomic E-state index is 14.4. The van der Waals surface area contributed by atoms with Crippen molar-refractivity contribution in [3.63, 3.8) is 0 Å². The van der Waals surface area contributed by atoms with Crippen molar-refractivity contribution < 1.29 is 39.8 Å². The van der Waals surface area contributed by atoms with Crippen molar-refractivity contribution in [1.29, 1.82) is 0 Å². The lowest BCUT2D eigenvalue weighted by atomic mass is 9.80. The number of hydrogen-bond donors (Lipinski definition) is 5. The molecule has 5 aromatic carbocycles. The monoisotopic (exact) mass is 756 g/mol. The van der Waals surface area contributed by atoms with Gasteiger partial charge in [0.15, 0.2) is 23.0 Å². The van der Waals surface area contributed by atoms with Crippen molar-refractivity contribution in [1.82, 2.24) is 4.98 Å². The van der Waals surface area contributed by atoms with E-state index in [1.54, 1.807) is 54.9 Å². The van der Waals surface area contributed by atoms with E-state index in [1.165, 1.54) is 20.3 Å². The molecular formula is C47H50NO8-. The Morgan fingerprint density at radius 3 is 2.27 bits per heavy atom. The maximum atomic E-state index is 14.4. The van der Waals surface area contributed by atoms with E-state index in [9.17, 15) is 30.3 Å². The Hall–Kier alpha value is -5.77. The molecule has 0 saturated heterocycles. The molecule has 6 aromatic rings. The first-order valence-corrected chi connectivity index (χ1v) is 19.1. The number of rotatable bonds is 18. The van der Waals surface area contributed by atoms with Gasteiger partial charge in [0, 0.05) is 30.9 Å². The number of aromatic hydroxyl groups is 3. The highest BCUT2D eigenvalue weighted by Gasteiger charge is 2.30. The standard InChI is InChI=1S/C47H50NO8/c1-4-31-12-13-32-7-5-8-33(18-20-49)46(32)39(31)26-40-35(14-16-42(52)47(40)56-3)24-36(21-30-17-19-48-28-30)43(53)27-44(54)38(34-9-6-10-37(50)25-34)22-29-11-15-41(51)45(23-29)55-2/h5-17,19,23,25,28,36,38,43,49-53H,4,18,20-22,24,26-27H2,1-3H3/q-1. The Bertz CT molecular complexity index is 2260. The van der Waals surface area contributed by atoms with Gasteiger partial charge in [0.05, 0.1) is 20.3 Å². The minimum absolute atomic E-state index is 0.00689. The minimum Gasteiger partial charge on any atom is -0.670 e. The fourth-order valence-electron chi connectivity index (χ4n) is 8.02. The predicted octanol–water partition coefficient (Wildman–Crippen LogP) is 7.37. The number of aryl methyl sites for hydroxylation is 1. The van der Waals surface area contributed by atoms with Gasteiger partial charge >= 0.3 is 0 Å². The number of phenols is 3. The van der Waals surface area contributed by atoms with Crippen LogP contribution in [0.15, 0.2) is 103 Å². The lowest BCUT2D eigenvalue weighted by Crippen LogP contribution is -2.30. The highest BCUT2D eigenvalue weighted by Crippen LogP contribution is 2.39. The van der Waals surface area contributed by atoms with Gasteiger partial charge in [-0.3, -0.25) is 4.79 Å². The second-order valence-corrected chi connectivity index (χ2v) is 14.4. The molecule has 0 aliphatic heterocycles. The van der Waals surface area contributed by atoms with Gasteiger partial charge < -0.3 is 40.0 Å². The van der Waals surface area contributed by atoms with E-state index in [-0.39, 0.29) is 48.2 Å². The molecule has 0 aliphatic rings. The van der Waals surface area contributed by atoms with Crippen molar-refractivity contribution in [2.24, 2.45) is 5.92 Å². The number of methoxy groups -OCH3 is 2. The molecule has 3 unspecified atom stereocenters. The average molecular weight is 757 g/mol. The van der Waals surface area contributed by atoms with E-state index >= 15 is 0 Å². The molecule has 56 heavy (non-hydrogen) atoms. The third-order valence-electron chi connectivity index (χ3n) is 10.9. The van der Waals surface area contributed by atoms with E-state index in [0.717, 1.165) is 56.1 Å². The van der Waals surface area contributed by atoms with Crippen LogP contribution in [0.1, 0.15) is 63.8 Å². The largest absolute Gasteiger partial charge is 0.670 e. The fraction of sp³-hybridized carbons (Fsp3) is 0.298. The molecular weight excluding hydrogens is 707 g/mol. The molecule has 0 aliphatic carbocycles. The number of phenolic OH excluding ortho intramolecular Hbond substituents is 3. The zero-order valence-electron chi connectivity index (χ0n) is 32.1. The van der Waals surface area contributed by atoms with E-state index in [0.29, 0.717) is 37.0 Å². The first-order valence-electron chi connectivity index (χ1n) is 19.1. The molecule has 9 nitrogen and oxygen atoms in total. The summed E-state index contributed by atoms with van der Waals surface area (Å²) >= 11 is 0. The summed E-state index contributed by atoms with van der Waals surface area (Å²) in [4.78, 5) is 18.6. The summed E-state index contributed by atoms with van der Waals surface area (Å²) in [5, 5.41) is 55.9. The highest BCUT2D eigenvalue weighted by atomic mass is 16.5. The summed E-state index contributed by atoms with van der Waals surface area (Å²) in [6.07, 6.45) is 5.02. The predicted molar refractivity (Wildman–Crippen MR) is 217 cm³/mol. The van der Waals surface area contributed by atoms with Crippen LogP contribution in [-0.4, -0.2) is 58.2 Å². The number of nitrogens with zero attached hydrogens (tertiary/aromatic N) is 1. The lowest BCUT2D eigenvalue weighted by molar-refractivity contribution is -0.123. The first-order chi connectivity index (χ1) is 27.1. The minimum atomic E-state index is -1.07. The smallest absolute Gasteiger partial charge is 0.164 e. The third kappa shape index (κ3) is 9.02. The van der Waals surface area contributed by atoms with Gasteiger partial charge in [-0.2, -0.15) is 12.4 Å². The molecule has 0 radical (unpaired) electrons. The number of Topliss-reactive ketones (excluding diaryl/α,β-unsaturated/α-hetero) is 1. The topological polar surface area (TPSA) is 151 Å². The Labute approximate surface area is 327 Å². The zero-order valence-corrected chi connectivity index (χ0v) is 32.1. The number of aliphatic hydroxyl groups is 2. The molecule has 0 bridgehead atoms. The third-order valence-corrected chi connectivity index (χ3v) is 10.9. The molecule has 5 N–H and O–H groups in total. The lowest BCUT2D eigenvalue weighted by Gasteiger charge is -2.27. The van der Waals surface area contributed by atoms with E-state index in [2.05, 4.69) is 30.1 Å². The average Bonchev–Trinajstić information content (AvgIpc) is 3.71. The van der Waals surface area contributed by atoms with Crippen LogP contribution in [0.4, 0.5) is 0 Å². The van der Waals surface area contributed by atoms with Crippen LogP contribution in [0, 0.1) is 5.92 Å². The number of aliphatic hydroxyl groups excluding tert-OH is 2. The molecule has 6 rings (SSSR count). The van der Waals surface area contributed by atoms with Gasteiger partial charge in [0.2, 0.25) is 0 Å². The van der Waals surface area contributed by atoms with Crippen molar-refractivity contribution in [3.8, 4) is 28.7 Å². The number of carbonyl (C=O) groups is 1. The SMILES string of the molecule is CCc1ccc2cccc(CCO)c2c1Cc1c(CC(Cc2cc[n-]c2)C(O)CC(=O)C(Cc2ccc(O)c(OC)c2)c2cccc(O)c2)ccc(O)c1OC. The summed E-state index contributed by atoms with van der Waals surface area (Å²) in [6.45, 7) is 2.12. The van der Waals surface area contributed by atoms with Crippen LogP contribution in [0.2, 0.25) is 0 Å². The summed E-state index contributed by atoms with van der Waals surface area (Å²) in [7, 11) is 3.00. The molecule has 1 heterocycles. The van der Waals surface area contributed by atoms with Crippen molar-refractivity contribution in [3.05, 3.63) is 148 Å². The number of ether oxygens (including phenoxy) is 2. The number of carbonyl (C=O) groups excluding carboxylic acids is 1. The van der Waals surface area contributed by atoms with E-state index in [1.807, 2.05) is 24.3 Å². The van der Waals surface area contributed by atoms with Crippen LogP contribution in [0.3, 0.4) is 0 Å². The molecule has 0 amide bonds. The second-order valence-electron chi connectivity index (χ2n) is 14.4. The Kier molecular flexibility index (Phi) is 13.0. The molecule has 0 saturated carbocycles. The Morgan fingerprint density at radius 1 is 0.768 bits per heavy atom. The first kappa shape index (κ1) is 39.9. The number of ketones is 1. The Balaban J connectivity index is 1.37. The fourth-order valence-corrected chi connectivity index (χ4v) is 8.02. The van der Waals surface area contributed by atoms with Gasteiger partial charge in [-0.05, 0) is 113 Å². The van der Waals surface area contributed by atoms with Crippen LogP contribution in [-0.2, 0) is 43.3 Å². The van der Waals surface area contributed by atoms with Gasteiger partial charge in [0.1, 0.15) is 11.5 Å². The molecule has 9 heteroatoms. The van der Waals surface area contributed by atoms with Crippen molar-refractivity contribution in [2.45, 2.75) is 63.9 Å². The summed E-state index contributed by atoms with van der Waals surface area (Å²) in [6, 6.07) is 27.3. The van der Waals surface area contributed by atoms with Crippen LogP contribution < -0.4 is 14.5 Å². The number of benzene rings is 5. The number of aromatic nitrogens is 1. The maximum Gasteiger partial charge on any atom is 0.164 e. The van der Waals surface area contributed by atoms with E-state index < -0.39 is 17.9 Å². The number of fused-ring (bicyclic) bond motifs is 1. The molecule has 0 fully saturated rings. The number of hydrogen-bond acceptors (Lipinski definition) is 8. The molecule has 3 atom stereocenters. The van der Waals surface area contributed by atoms with Crippen LogP contribution >= 0.6 is 0 Å². The molecule has 0 spiro atoms. The van der Waals surface area contributed by atoms with Gasteiger partial charge in [0.25, 0.3) is 0 Å². The van der Waals surface area contributed by atoms with Crippen LogP contribution in [0.25, 0.3) is 10.8 Å². The summed E-state index contributed by atoms with van der Waals surface area (Å²) in [5.74, 6) is -0.682. The van der Waals surface area contributed by atoms with Crippen molar-refractivity contribution >= 4 is 16.6 Å². The van der Waals surface area contributed by atoms with Crippen LogP contribution in [0.5, 0.6) is 28.7 Å². The second kappa shape index (κ2) is 18.2. The van der Waals surface area contributed by atoms with Gasteiger partial charge in [-0.1, -0.05) is 73.2 Å². The zero-order chi connectivity index (χ0) is 39.8. The van der Waals surface area contributed by atoms with E-state index in [4.69, 9.17) is 9.47 Å². The Morgan fingerprint density at radius 2 is 1.55 bits per heavy atom. The van der Waals surface area contributed by atoms with Crippen molar-refractivity contribution in [2.75, 3.05) is 20.8 Å². The molecule has 1 aromatic heterocycles. The van der Waals surface area contributed by atoms with Gasteiger partial charge in [-0.15, -0.1) is 0 Å². The summed E-state index contributed by atoms with van der Waals surface area (Å²) in [5.41, 5.74) is 7.22. The van der Waals surface area contributed by atoms with Gasteiger partial charge in [-0.25, -0.2) is 0 Å². The molecule has 292 valence electrons. The normalized spacial score (nSPS) is 13.0. The highest BCUT2D eigenvalue weighted by molar-refractivity contribution is 5.90.